The number of nitrogens with zero attached hydrogens (tertiary/aromatic N) is 4. The maximum atomic E-state index is 12.5. The van der Waals surface area contributed by atoms with Crippen LogP contribution in [0.4, 0.5) is 0 Å². The van der Waals surface area contributed by atoms with Crippen LogP contribution in [-0.2, 0) is 9.53 Å². The van der Waals surface area contributed by atoms with Gasteiger partial charge >= 0.3 is 0 Å². The number of ether oxygens (including phenoxy) is 1. The lowest BCUT2D eigenvalue weighted by Crippen LogP contribution is -2.33. The molecule has 2 aromatic rings. The second-order valence-electron chi connectivity index (χ2n) is 7.15. The molecule has 2 saturated heterocycles. The van der Waals surface area contributed by atoms with Gasteiger partial charge in [0.25, 0.3) is 0 Å². The number of carbonyl (C=O) groups excluding carboxylic acids is 1. The summed E-state index contributed by atoms with van der Waals surface area (Å²) in [4.78, 5) is 18.7. The fourth-order valence-electron chi connectivity index (χ4n) is 3.59. The lowest BCUT2D eigenvalue weighted by atomic mass is 10.1. The van der Waals surface area contributed by atoms with E-state index >= 15 is 0 Å². The summed E-state index contributed by atoms with van der Waals surface area (Å²) in [6.07, 6.45) is 6.40. The van der Waals surface area contributed by atoms with Gasteiger partial charge in [0.1, 0.15) is 0 Å². The third-order valence-electron chi connectivity index (χ3n) is 5.17. The first-order valence-electron chi connectivity index (χ1n) is 9.35. The van der Waals surface area contributed by atoms with E-state index in [0.717, 1.165) is 50.1 Å². The summed E-state index contributed by atoms with van der Waals surface area (Å²) in [7, 11) is 0. The Morgan fingerprint density at radius 2 is 2.19 bits per heavy atom. The summed E-state index contributed by atoms with van der Waals surface area (Å²) >= 11 is 0. The van der Waals surface area contributed by atoms with E-state index in [2.05, 4.69) is 15.2 Å². The Labute approximate surface area is 152 Å². The Balaban J connectivity index is 1.36. The van der Waals surface area contributed by atoms with E-state index < -0.39 is 0 Å². The molecule has 0 N–H and O–H groups in total. The van der Waals surface area contributed by atoms with Crippen LogP contribution in [0.2, 0.25) is 0 Å². The number of rotatable bonds is 4. The number of aryl methyl sites for hydroxylation is 1. The van der Waals surface area contributed by atoms with Crippen molar-refractivity contribution < 1.29 is 13.9 Å². The molecule has 2 aliphatic heterocycles. The zero-order valence-corrected chi connectivity index (χ0v) is 15.1. The van der Waals surface area contributed by atoms with Crippen LogP contribution in [0.5, 0.6) is 0 Å². The average molecular weight is 356 g/mol. The highest BCUT2D eigenvalue weighted by Gasteiger charge is 2.32. The normalized spacial score (nSPS) is 23.3. The number of hydrogen-bond acceptors (Lipinski definition) is 6. The van der Waals surface area contributed by atoms with Gasteiger partial charge in [0.15, 0.2) is 0 Å². The van der Waals surface area contributed by atoms with Crippen molar-refractivity contribution in [3.8, 4) is 11.5 Å². The van der Waals surface area contributed by atoms with Crippen molar-refractivity contribution in [2.45, 2.75) is 51.0 Å². The van der Waals surface area contributed by atoms with Crippen LogP contribution in [0.25, 0.3) is 11.5 Å². The van der Waals surface area contributed by atoms with E-state index in [1.54, 1.807) is 6.20 Å². The van der Waals surface area contributed by atoms with Crippen molar-refractivity contribution in [3.05, 3.63) is 29.9 Å². The fraction of sp³-hybridized carbons (Fsp3) is 0.579. The highest BCUT2D eigenvalue weighted by molar-refractivity contribution is 5.77. The maximum absolute atomic E-state index is 12.5. The van der Waals surface area contributed by atoms with Crippen LogP contribution < -0.4 is 0 Å². The summed E-state index contributed by atoms with van der Waals surface area (Å²) in [6.45, 7) is 4.09. The average Bonchev–Trinajstić information content (AvgIpc) is 3.33. The lowest BCUT2D eigenvalue weighted by Gasteiger charge is -2.24. The van der Waals surface area contributed by atoms with Crippen LogP contribution in [0, 0.1) is 6.92 Å². The first-order valence-corrected chi connectivity index (χ1v) is 9.35. The molecular formula is C19H24N4O3. The summed E-state index contributed by atoms with van der Waals surface area (Å²) < 4.78 is 11.5. The van der Waals surface area contributed by atoms with Gasteiger partial charge < -0.3 is 14.1 Å². The van der Waals surface area contributed by atoms with Gasteiger partial charge in [-0.2, -0.15) is 0 Å². The zero-order valence-electron chi connectivity index (χ0n) is 15.1. The van der Waals surface area contributed by atoms with E-state index in [1.807, 2.05) is 24.0 Å². The Hall–Kier alpha value is -2.28. The molecule has 26 heavy (non-hydrogen) atoms. The predicted octanol–water partition coefficient (Wildman–Crippen LogP) is 2.72. The van der Waals surface area contributed by atoms with Gasteiger partial charge in [0.2, 0.25) is 17.7 Å². The van der Waals surface area contributed by atoms with Crippen molar-refractivity contribution >= 4 is 5.91 Å². The van der Waals surface area contributed by atoms with Gasteiger partial charge in [-0.15, -0.1) is 10.2 Å². The van der Waals surface area contributed by atoms with E-state index in [9.17, 15) is 4.79 Å². The summed E-state index contributed by atoms with van der Waals surface area (Å²) in [5.74, 6) is 1.35. The molecule has 0 aliphatic carbocycles. The third-order valence-corrected chi connectivity index (χ3v) is 5.17. The van der Waals surface area contributed by atoms with Gasteiger partial charge in [0.05, 0.1) is 24.0 Å². The fourth-order valence-corrected chi connectivity index (χ4v) is 3.59. The second kappa shape index (κ2) is 7.53. The zero-order chi connectivity index (χ0) is 17.9. The molecule has 1 amide bonds. The standard InChI is InChI=1S/C19H24N4O3/c1-13-5-6-14(11-20-13)18-21-22-19(26-18)15-7-8-23(12-15)17(24)10-16-4-2-3-9-25-16/h5-6,11,15-16H,2-4,7-10,12H2,1H3. The molecule has 0 radical (unpaired) electrons. The van der Waals surface area contributed by atoms with Crippen LogP contribution in [0.3, 0.4) is 0 Å². The molecule has 2 aromatic heterocycles. The number of carbonyl (C=O) groups is 1. The number of likely N-dealkylation sites (tertiary alicyclic amines) is 1. The molecule has 138 valence electrons. The third kappa shape index (κ3) is 3.77. The molecule has 4 heterocycles. The van der Waals surface area contributed by atoms with Crippen LogP contribution in [0.1, 0.15) is 49.6 Å². The first-order chi connectivity index (χ1) is 12.7. The van der Waals surface area contributed by atoms with Crippen molar-refractivity contribution in [2.24, 2.45) is 0 Å². The summed E-state index contributed by atoms with van der Waals surface area (Å²) in [5, 5.41) is 8.34. The largest absolute Gasteiger partial charge is 0.420 e. The Bertz CT molecular complexity index is 752. The molecule has 0 bridgehead atoms. The molecule has 2 aliphatic rings. The van der Waals surface area contributed by atoms with Crippen LogP contribution in [0.15, 0.2) is 22.7 Å². The number of amides is 1. The van der Waals surface area contributed by atoms with Gasteiger partial charge in [-0.3, -0.25) is 9.78 Å². The Morgan fingerprint density at radius 1 is 1.27 bits per heavy atom. The molecule has 2 atom stereocenters. The smallest absolute Gasteiger partial charge is 0.249 e. The highest BCUT2D eigenvalue weighted by Crippen LogP contribution is 2.29. The van der Waals surface area contributed by atoms with Crippen LogP contribution >= 0.6 is 0 Å². The number of aromatic nitrogens is 3. The summed E-state index contributed by atoms with van der Waals surface area (Å²) in [6, 6.07) is 3.84. The molecule has 7 nitrogen and oxygen atoms in total. The minimum Gasteiger partial charge on any atom is -0.420 e. The molecule has 2 fully saturated rings. The van der Waals surface area contributed by atoms with E-state index in [0.29, 0.717) is 24.7 Å². The minimum absolute atomic E-state index is 0.0827. The molecule has 0 aromatic carbocycles. The van der Waals surface area contributed by atoms with Gasteiger partial charge in [0, 0.05) is 31.6 Å². The van der Waals surface area contributed by atoms with Crippen molar-refractivity contribution in [2.75, 3.05) is 19.7 Å². The second-order valence-corrected chi connectivity index (χ2v) is 7.15. The van der Waals surface area contributed by atoms with E-state index in [1.165, 1.54) is 0 Å². The van der Waals surface area contributed by atoms with E-state index in [-0.39, 0.29) is 17.9 Å². The maximum Gasteiger partial charge on any atom is 0.249 e. The van der Waals surface area contributed by atoms with Gasteiger partial charge in [-0.05, 0) is 44.7 Å². The topological polar surface area (TPSA) is 81.4 Å². The quantitative estimate of drug-likeness (QED) is 0.838. The SMILES string of the molecule is Cc1ccc(-c2nnc(C3CCN(C(=O)CC4CCCCO4)C3)o2)cn1. The Kier molecular flexibility index (Phi) is 4.97. The number of hydrogen-bond donors (Lipinski definition) is 0. The summed E-state index contributed by atoms with van der Waals surface area (Å²) in [5.41, 5.74) is 1.76. The predicted molar refractivity (Wildman–Crippen MR) is 94.4 cm³/mol. The molecule has 2 unspecified atom stereocenters. The van der Waals surface area contributed by atoms with Crippen molar-refractivity contribution in [1.29, 1.82) is 0 Å². The van der Waals surface area contributed by atoms with Crippen molar-refractivity contribution in [1.82, 2.24) is 20.1 Å². The molecule has 0 saturated carbocycles. The first kappa shape index (κ1) is 17.1. The Morgan fingerprint density at radius 3 is 2.96 bits per heavy atom. The van der Waals surface area contributed by atoms with Crippen LogP contribution in [-0.4, -0.2) is 51.8 Å². The van der Waals surface area contributed by atoms with Gasteiger partial charge in [-0.25, -0.2) is 0 Å². The molecule has 0 spiro atoms. The lowest BCUT2D eigenvalue weighted by molar-refractivity contribution is -0.134. The highest BCUT2D eigenvalue weighted by atomic mass is 16.5. The monoisotopic (exact) mass is 356 g/mol. The van der Waals surface area contributed by atoms with E-state index in [4.69, 9.17) is 9.15 Å². The van der Waals surface area contributed by atoms with Gasteiger partial charge in [-0.1, -0.05) is 0 Å². The molecule has 7 heteroatoms. The molecular weight excluding hydrogens is 332 g/mol. The molecule has 4 rings (SSSR count). The number of pyridine rings is 1. The minimum atomic E-state index is 0.0827. The van der Waals surface area contributed by atoms with Crippen molar-refractivity contribution in [3.63, 3.8) is 0 Å².